The number of fused-ring (bicyclic) bond motifs is 1. The minimum Gasteiger partial charge on any atom is -0.322 e. The highest BCUT2D eigenvalue weighted by Crippen LogP contribution is 2.40. The van der Waals surface area contributed by atoms with E-state index < -0.39 is 22.1 Å². The quantitative estimate of drug-likeness (QED) is 0.461. The Hall–Kier alpha value is -3.82. The highest BCUT2D eigenvalue weighted by atomic mass is 16.6. The molecule has 160 valence electrons. The Morgan fingerprint density at radius 2 is 2.06 bits per heavy atom. The normalized spacial score (nSPS) is 13.5. The van der Waals surface area contributed by atoms with Gasteiger partial charge in [-0.3, -0.25) is 29.3 Å². The number of hydrogen-bond acceptors (Lipinski definition) is 6. The van der Waals surface area contributed by atoms with Crippen LogP contribution in [-0.4, -0.2) is 25.4 Å². The number of nitrogens with zero attached hydrogens (tertiary/aromatic N) is 3. The molecule has 1 aliphatic carbocycles. The molecule has 1 aliphatic rings. The number of amides is 1. The molecule has 1 saturated carbocycles. The SMILES string of the molecule is CC(C)Cn1c(=O)[nH]c(=O)c2c(C(=O)Nc3cccc([N+](=O)[O-])c3)cc(C3CC3)nc21. The van der Waals surface area contributed by atoms with Crippen LogP contribution in [0.25, 0.3) is 11.0 Å². The second-order valence-electron chi connectivity index (χ2n) is 8.09. The zero-order chi connectivity index (χ0) is 22.3. The molecule has 0 radical (unpaired) electrons. The molecule has 0 atom stereocenters. The summed E-state index contributed by atoms with van der Waals surface area (Å²) in [5.41, 5.74) is -0.299. The van der Waals surface area contributed by atoms with E-state index in [1.54, 1.807) is 6.07 Å². The number of nitro benzene ring substituents is 1. The van der Waals surface area contributed by atoms with Crippen LogP contribution in [0.5, 0.6) is 0 Å². The largest absolute Gasteiger partial charge is 0.330 e. The van der Waals surface area contributed by atoms with Gasteiger partial charge in [0.05, 0.1) is 15.9 Å². The maximum Gasteiger partial charge on any atom is 0.330 e. The van der Waals surface area contributed by atoms with Gasteiger partial charge in [-0.25, -0.2) is 9.78 Å². The lowest BCUT2D eigenvalue weighted by molar-refractivity contribution is -0.384. The second-order valence-corrected chi connectivity index (χ2v) is 8.09. The van der Waals surface area contributed by atoms with E-state index in [0.717, 1.165) is 12.8 Å². The minimum absolute atomic E-state index is 0.0209. The maximum atomic E-state index is 13.1. The van der Waals surface area contributed by atoms with E-state index in [1.807, 2.05) is 13.8 Å². The first kappa shape index (κ1) is 20.5. The Morgan fingerprint density at radius 3 is 2.71 bits per heavy atom. The minimum atomic E-state index is -0.695. The van der Waals surface area contributed by atoms with E-state index in [2.05, 4.69) is 15.3 Å². The number of H-pyrrole nitrogens is 1. The molecule has 1 amide bonds. The van der Waals surface area contributed by atoms with Crippen molar-refractivity contribution in [3.05, 3.63) is 72.5 Å². The number of rotatable bonds is 6. The number of nitro groups is 1. The van der Waals surface area contributed by atoms with Gasteiger partial charge in [0, 0.05) is 36.0 Å². The number of anilines is 1. The van der Waals surface area contributed by atoms with Gasteiger partial charge in [-0.15, -0.1) is 0 Å². The topological polar surface area (TPSA) is 140 Å². The van der Waals surface area contributed by atoms with E-state index in [0.29, 0.717) is 12.2 Å². The third-order valence-corrected chi connectivity index (χ3v) is 5.07. The number of nitrogens with one attached hydrogen (secondary N) is 2. The predicted molar refractivity (Wildman–Crippen MR) is 114 cm³/mol. The van der Waals surface area contributed by atoms with Gasteiger partial charge in [0.2, 0.25) is 0 Å². The van der Waals surface area contributed by atoms with Crippen LogP contribution < -0.4 is 16.6 Å². The molecule has 4 rings (SSSR count). The summed E-state index contributed by atoms with van der Waals surface area (Å²) in [4.78, 5) is 55.6. The van der Waals surface area contributed by atoms with Crippen LogP contribution in [-0.2, 0) is 6.54 Å². The summed E-state index contributed by atoms with van der Waals surface area (Å²) in [5.74, 6) is -0.314. The van der Waals surface area contributed by atoms with Crippen molar-refractivity contribution in [3.8, 4) is 0 Å². The van der Waals surface area contributed by atoms with Crippen LogP contribution in [0.3, 0.4) is 0 Å². The zero-order valence-corrected chi connectivity index (χ0v) is 17.0. The molecule has 1 fully saturated rings. The van der Waals surface area contributed by atoms with E-state index in [4.69, 9.17) is 0 Å². The van der Waals surface area contributed by atoms with Crippen LogP contribution in [0.4, 0.5) is 11.4 Å². The van der Waals surface area contributed by atoms with Crippen LogP contribution in [0.15, 0.2) is 39.9 Å². The van der Waals surface area contributed by atoms with E-state index in [9.17, 15) is 24.5 Å². The number of benzene rings is 1. The molecule has 10 heteroatoms. The molecule has 1 aromatic carbocycles. The number of hydrogen-bond donors (Lipinski definition) is 2. The molecule has 2 N–H and O–H groups in total. The average Bonchev–Trinajstić information content (AvgIpc) is 3.55. The number of non-ortho nitro benzene ring substituents is 1. The van der Waals surface area contributed by atoms with Crippen molar-refractivity contribution in [2.75, 3.05) is 5.32 Å². The first-order chi connectivity index (χ1) is 14.7. The summed E-state index contributed by atoms with van der Waals surface area (Å²) in [6, 6.07) is 7.11. The van der Waals surface area contributed by atoms with E-state index >= 15 is 0 Å². The molecule has 0 unspecified atom stereocenters. The highest BCUT2D eigenvalue weighted by molar-refractivity contribution is 6.12. The molecule has 0 spiro atoms. The molecule has 3 aromatic rings. The lowest BCUT2D eigenvalue weighted by Crippen LogP contribution is -2.33. The molecule has 31 heavy (non-hydrogen) atoms. The molecule has 2 heterocycles. The number of aromatic nitrogens is 3. The fourth-order valence-electron chi connectivity index (χ4n) is 3.49. The summed E-state index contributed by atoms with van der Waals surface area (Å²) < 4.78 is 1.39. The molecule has 0 aliphatic heterocycles. The average molecular weight is 423 g/mol. The fraction of sp³-hybridized carbons (Fsp3) is 0.333. The van der Waals surface area contributed by atoms with Crippen molar-refractivity contribution in [2.24, 2.45) is 5.92 Å². The van der Waals surface area contributed by atoms with Gasteiger partial charge in [-0.1, -0.05) is 19.9 Å². The molecule has 0 saturated heterocycles. The lowest BCUT2D eigenvalue weighted by Gasteiger charge is -2.14. The van der Waals surface area contributed by atoms with Gasteiger partial charge < -0.3 is 5.32 Å². The third-order valence-electron chi connectivity index (χ3n) is 5.07. The van der Waals surface area contributed by atoms with Gasteiger partial charge in [0.15, 0.2) is 5.65 Å². The van der Waals surface area contributed by atoms with Crippen molar-refractivity contribution in [3.63, 3.8) is 0 Å². The third kappa shape index (κ3) is 4.09. The zero-order valence-electron chi connectivity index (χ0n) is 17.0. The fourth-order valence-corrected chi connectivity index (χ4v) is 3.49. The van der Waals surface area contributed by atoms with Crippen LogP contribution in [0.2, 0.25) is 0 Å². The Morgan fingerprint density at radius 1 is 1.32 bits per heavy atom. The van der Waals surface area contributed by atoms with Crippen molar-refractivity contribution < 1.29 is 9.72 Å². The molecular weight excluding hydrogens is 402 g/mol. The summed E-state index contributed by atoms with van der Waals surface area (Å²) in [7, 11) is 0. The first-order valence-electron chi connectivity index (χ1n) is 9.98. The predicted octanol–water partition coefficient (Wildman–Crippen LogP) is 2.78. The Labute approximate surface area is 176 Å². The van der Waals surface area contributed by atoms with Crippen molar-refractivity contribution in [2.45, 2.75) is 39.2 Å². The lowest BCUT2D eigenvalue weighted by atomic mass is 10.1. The van der Waals surface area contributed by atoms with Crippen LogP contribution >= 0.6 is 0 Å². The standard InChI is InChI=1S/C21H21N5O5/c1-11(2)10-25-18-17(20(28)24-21(25)29)15(9-16(23-18)12-6-7-12)19(27)22-13-4-3-5-14(8-13)26(30)31/h3-5,8-9,11-12H,6-7,10H2,1-2H3,(H,22,27)(H,24,28,29). The van der Waals surface area contributed by atoms with Gasteiger partial charge in [0.25, 0.3) is 17.2 Å². The van der Waals surface area contributed by atoms with Gasteiger partial charge in [0.1, 0.15) is 0 Å². The Balaban J connectivity index is 1.87. The molecular formula is C21H21N5O5. The van der Waals surface area contributed by atoms with Gasteiger partial charge in [-0.2, -0.15) is 0 Å². The van der Waals surface area contributed by atoms with Crippen LogP contribution in [0.1, 0.15) is 48.7 Å². The van der Waals surface area contributed by atoms with Gasteiger partial charge in [-0.05, 0) is 30.9 Å². The molecule has 0 bridgehead atoms. The number of carbonyl (C=O) groups excluding carboxylic acids is 1. The van der Waals surface area contributed by atoms with E-state index in [-0.39, 0.29) is 39.8 Å². The number of aromatic amines is 1. The summed E-state index contributed by atoms with van der Waals surface area (Å²) in [6.07, 6.45) is 1.84. The Bertz CT molecular complexity index is 1320. The smallest absolute Gasteiger partial charge is 0.322 e. The number of carbonyl (C=O) groups is 1. The Kier molecular flexibility index (Phi) is 5.14. The summed E-state index contributed by atoms with van der Waals surface area (Å²) >= 11 is 0. The van der Waals surface area contributed by atoms with Gasteiger partial charge >= 0.3 is 5.69 Å². The summed E-state index contributed by atoms with van der Waals surface area (Å²) in [6.45, 7) is 4.20. The maximum absolute atomic E-state index is 13.1. The first-order valence-corrected chi connectivity index (χ1v) is 9.98. The summed E-state index contributed by atoms with van der Waals surface area (Å²) in [5, 5.41) is 13.7. The van der Waals surface area contributed by atoms with Crippen molar-refractivity contribution in [1.82, 2.24) is 14.5 Å². The highest BCUT2D eigenvalue weighted by Gasteiger charge is 2.29. The molecule has 10 nitrogen and oxygen atoms in total. The van der Waals surface area contributed by atoms with E-state index in [1.165, 1.54) is 28.8 Å². The second kappa shape index (κ2) is 7.78. The van der Waals surface area contributed by atoms with Crippen molar-refractivity contribution in [1.29, 1.82) is 0 Å². The number of pyridine rings is 1. The monoisotopic (exact) mass is 423 g/mol. The van der Waals surface area contributed by atoms with Crippen molar-refractivity contribution >= 4 is 28.3 Å². The molecule has 2 aromatic heterocycles. The van der Waals surface area contributed by atoms with Crippen LogP contribution in [0, 0.1) is 16.0 Å².